The number of rotatable bonds is 5. The zero-order valence-corrected chi connectivity index (χ0v) is 11.3. The molecule has 1 fully saturated rings. The molecule has 1 heterocycles. The highest BCUT2D eigenvalue weighted by atomic mass is 32.2. The first kappa shape index (κ1) is 14.2. The first-order valence-electron chi connectivity index (χ1n) is 5.27. The Morgan fingerprint density at radius 1 is 1.62 bits per heavy atom. The summed E-state index contributed by atoms with van der Waals surface area (Å²) < 4.78 is 4.52. The number of thioether (sulfide) groups is 2. The van der Waals surface area contributed by atoms with Gasteiger partial charge in [0.05, 0.1) is 7.11 Å². The van der Waals surface area contributed by atoms with E-state index in [1.807, 2.05) is 23.5 Å². The van der Waals surface area contributed by atoms with E-state index < -0.39 is 11.6 Å². The fourth-order valence-corrected chi connectivity index (χ4v) is 4.07. The van der Waals surface area contributed by atoms with Crippen LogP contribution in [-0.4, -0.2) is 59.4 Å². The van der Waals surface area contributed by atoms with Crippen molar-refractivity contribution in [2.45, 2.75) is 17.8 Å². The maximum absolute atomic E-state index is 11.2. The molecule has 0 aromatic rings. The number of nitrogens with one attached hydrogen (secondary N) is 1. The molecular weight excluding hydrogens is 246 g/mol. The van der Waals surface area contributed by atoms with Crippen molar-refractivity contribution in [3.8, 4) is 0 Å². The van der Waals surface area contributed by atoms with Gasteiger partial charge >= 0.3 is 5.97 Å². The minimum absolute atomic E-state index is 0.238. The topological polar surface area (TPSA) is 58.6 Å². The van der Waals surface area contributed by atoms with Crippen LogP contribution >= 0.6 is 23.5 Å². The van der Waals surface area contributed by atoms with Crippen molar-refractivity contribution in [1.29, 1.82) is 0 Å². The number of ether oxygens (including phenoxy) is 1. The van der Waals surface area contributed by atoms with E-state index in [2.05, 4.69) is 10.1 Å². The molecule has 1 rings (SSSR count). The predicted molar refractivity (Wildman–Crippen MR) is 69.1 cm³/mol. The van der Waals surface area contributed by atoms with Crippen LogP contribution in [0.15, 0.2) is 0 Å². The average Bonchev–Trinajstić information content (AvgIpc) is 2.29. The number of esters is 1. The lowest BCUT2D eigenvalue weighted by Gasteiger charge is -2.24. The Morgan fingerprint density at radius 3 is 2.94 bits per heavy atom. The molecule has 0 aliphatic carbocycles. The molecule has 2 N–H and O–H groups in total. The molecule has 0 bridgehead atoms. The van der Waals surface area contributed by atoms with E-state index in [-0.39, 0.29) is 6.54 Å². The molecule has 1 aliphatic rings. The molecule has 1 aliphatic heterocycles. The first-order chi connectivity index (χ1) is 7.56. The lowest BCUT2D eigenvalue weighted by molar-refractivity contribution is -0.159. The van der Waals surface area contributed by atoms with Gasteiger partial charge in [-0.2, -0.15) is 23.5 Å². The largest absolute Gasteiger partial charge is 0.467 e. The van der Waals surface area contributed by atoms with Crippen molar-refractivity contribution in [2.24, 2.45) is 0 Å². The van der Waals surface area contributed by atoms with Gasteiger partial charge in [-0.25, -0.2) is 4.79 Å². The summed E-state index contributed by atoms with van der Waals surface area (Å²) in [4.78, 5) is 11.2. The molecule has 94 valence electrons. The van der Waals surface area contributed by atoms with Gasteiger partial charge in [0.25, 0.3) is 0 Å². The molecule has 0 aromatic heterocycles. The predicted octanol–water partition coefficient (Wildman–Crippen LogP) is 0.349. The van der Waals surface area contributed by atoms with Gasteiger partial charge in [-0.1, -0.05) is 0 Å². The Bertz CT molecular complexity index is 230. The average molecular weight is 265 g/mol. The number of aliphatic hydroxyl groups is 1. The SMILES string of the molecule is COC(=O)C(C)(O)CNCC1CSCCS1. The first-order valence-corrected chi connectivity index (χ1v) is 7.47. The summed E-state index contributed by atoms with van der Waals surface area (Å²) in [7, 11) is 1.28. The molecule has 1 saturated heterocycles. The maximum atomic E-state index is 11.2. The lowest BCUT2D eigenvalue weighted by atomic mass is 10.1. The highest BCUT2D eigenvalue weighted by Gasteiger charge is 2.31. The van der Waals surface area contributed by atoms with Gasteiger partial charge in [0.1, 0.15) is 0 Å². The number of hydrogen-bond acceptors (Lipinski definition) is 6. The summed E-state index contributed by atoms with van der Waals surface area (Å²) in [6, 6.07) is 0. The van der Waals surface area contributed by atoms with Crippen molar-refractivity contribution >= 4 is 29.5 Å². The third kappa shape index (κ3) is 4.53. The highest BCUT2D eigenvalue weighted by Crippen LogP contribution is 2.23. The Hall–Kier alpha value is 0.0900. The van der Waals surface area contributed by atoms with Crippen LogP contribution in [0.3, 0.4) is 0 Å². The Morgan fingerprint density at radius 2 is 2.38 bits per heavy atom. The van der Waals surface area contributed by atoms with Crippen molar-refractivity contribution in [3.05, 3.63) is 0 Å². The van der Waals surface area contributed by atoms with Crippen LogP contribution in [-0.2, 0) is 9.53 Å². The maximum Gasteiger partial charge on any atom is 0.338 e. The van der Waals surface area contributed by atoms with E-state index in [4.69, 9.17) is 0 Å². The van der Waals surface area contributed by atoms with Crippen LogP contribution in [0.25, 0.3) is 0 Å². The highest BCUT2D eigenvalue weighted by molar-refractivity contribution is 8.06. The third-order valence-corrected chi connectivity index (χ3v) is 5.20. The monoisotopic (exact) mass is 265 g/mol. The summed E-state index contributed by atoms with van der Waals surface area (Å²) in [5, 5.41) is 13.5. The van der Waals surface area contributed by atoms with Gasteiger partial charge in [-0.05, 0) is 6.92 Å². The summed E-state index contributed by atoms with van der Waals surface area (Å²) in [6.45, 7) is 2.53. The quantitative estimate of drug-likeness (QED) is 0.700. The van der Waals surface area contributed by atoms with Crippen LogP contribution in [0, 0.1) is 0 Å². The van der Waals surface area contributed by atoms with Gasteiger partial charge < -0.3 is 15.2 Å². The van der Waals surface area contributed by atoms with Gasteiger partial charge in [0.2, 0.25) is 0 Å². The molecule has 2 atom stereocenters. The molecule has 0 amide bonds. The second kappa shape index (κ2) is 6.74. The zero-order valence-electron chi connectivity index (χ0n) is 9.69. The summed E-state index contributed by atoms with van der Waals surface area (Å²) in [5.74, 6) is 2.95. The standard InChI is InChI=1S/C10H19NO3S2/c1-10(13,9(12)14-2)7-11-5-8-6-15-3-4-16-8/h8,11,13H,3-7H2,1-2H3. The number of hydrogen-bond donors (Lipinski definition) is 2. The molecule has 0 spiro atoms. The van der Waals surface area contributed by atoms with Crippen LogP contribution in [0.5, 0.6) is 0 Å². The van der Waals surface area contributed by atoms with Crippen molar-refractivity contribution in [1.82, 2.24) is 5.32 Å². The van der Waals surface area contributed by atoms with Gasteiger partial charge in [0, 0.05) is 35.6 Å². The molecule has 0 aromatic carbocycles. The summed E-state index contributed by atoms with van der Waals surface area (Å²) >= 11 is 3.90. The van der Waals surface area contributed by atoms with Crippen LogP contribution < -0.4 is 5.32 Å². The molecule has 4 nitrogen and oxygen atoms in total. The van der Waals surface area contributed by atoms with E-state index in [1.54, 1.807) is 0 Å². The van der Waals surface area contributed by atoms with Gasteiger partial charge in [0.15, 0.2) is 5.60 Å². The molecule has 2 unspecified atom stereocenters. The third-order valence-electron chi connectivity index (χ3n) is 2.35. The minimum Gasteiger partial charge on any atom is -0.467 e. The Balaban J connectivity index is 2.20. The van der Waals surface area contributed by atoms with Crippen molar-refractivity contribution < 1.29 is 14.6 Å². The van der Waals surface area contributed by atoms with Crippen LogP contribution in [0.2, 0.25) is 0 Å². The number of methoxy groups -OCH3 is 1. The van der Waals surface area contributed by atoms with Crippen molar-refractivity contribution in [3.63, 3.8) is 0 Å². The fourth-order valence-electron chi connectivity index (χ4n) is 1.42. The normalized spacial score (nSPS) is 24.8. The Labute approximate surface area is 105 Å². The fraction of sp³-hybridized carbons (Fsp3) is 0.900. The second-order valence-electron chi connectivity index (χ2n) is 3.96. The molecule has 16 heavy (non-hydrogen) atoms. The van der Waals surface area contributed by atoms with E-state index >= 15 is 0 Å². The van der Waals surface area contributed by atoms with Gasteiger partial charge in [-0.3, -0.25) is 0 Å². The van der Waals surface area contributed by atoms with Crippen LogP contribution in [0.1, 0.15) is 6.92 Å². The summed E-state index contributed by atoms with van der Waals surface area (Å²) in [6.07, 6.45) is 0. The second-order valence-corrected chi connectivity index (χ2v) is 6.52. The summed E-state index contributed by atoms with van der Waals surface area (Å²) in [5.41, 5.74) is -1.43. The minimum atomic E-state index is -1.43. The van der Waals surface area contributed by atoms with Crippen LogP contribution in [0.4, 0.5) is 0 Å². The molecule has 6 heteroatoms. The Kier molecular flexibility index (Phi) is 5.96. The van der Waals surface area contributed by atoms with E-state index in [0.29, 0.717) is 5.25 Å². The van der Waals surface area contributed by atoms with E-state index in [9.17, 15) is 9.90 Å². The smallest absolute Gasteiger partial charge is 0.338 e. The molecular formula is C10H19NO3S2. The lowest BCUT2D eigenvalue weighted by Crippen LogP contribution is -2.47. The van der Waals surface area contributed by atoms with Gasteiger partial charge in [-0.15, -0.1) is 0 Å². The molecule has 0 radical (unpaired) electrons. The van der Waals surface area contributed by atoms with Crippen molar-refractivity contribution in [2.75, 3.05) is 37.5 Å². The number of carbonyl (C=O) groups excluding carboxylic acids is 1. The van der Waals surface area contributed by atoms with E-state index in [1.165, 1.54) is 25.5 Å². The zero-order chi connectivity index (χ0) is 12.0. The van der Waals surface area contributed by atoms with E-state index in [0.717, 1.165) is 12.3 Å². The number of carbonyl (C=O) groups is 1. The molecule has 0 saturated carbocycles.